The average molecular weight is 240 g/mol. The molecule has 0 amide bonds. The summed E-state index contributed by atoms with van der Waals surface area (Å²) in [7, 11) is 1.93. The van der Waals surface area contributed by atoms with Crippen LogP contribution in [0.5, 0.6) is 0 Å². The molecule has 2 aromatic rings. The largest absolute Gasteiger partial charge is 0.388 e. The third-order valence-corrected chi connectivity index (χ3v) is 3.01. The van der Waals surface area contributed by atoms with Crippen molar-refractivity contribution in [3.8, 4) is 0 Å². The normalized spacial score (nSPS) is 10.4. The molecule has 0 heterocycles. The summed E-state index contributed by atoms with van der Waals surface area (Å²) in [6.45, 7) is 4.43. The van der Waals surface area contributed by atoms with Crippen LogP contribution in [-0.4, -0.2) is 7.05 Å². The van der Waals surface area contributed by atoms with Crippen molar-refractivity contribution in [3.05, 3.63) is 54.1 Å². The van der Waals surface area contributed by atoms with Gasteiger partial charge >= 0.3 is 0 Å². The van der Waals surface area contributed by atoms with Gasteiger partial charge in [0.15, 0.2) is 0 Å². The predicted molar refractivity (Wildman–Crippen MR) is 79.8 cm³/mol. The van der Waals surface area contributed by atoms with E-state index < -0.39 is 0 Å². The van der Waals surface area contributed by atoms with Crippen molar-refractivity contribution in [3.63, 3.8) is 0 Å². The third-order valence-electron chi connectivity index (χ3n) is 3.01. The van der Waals surface area contributed by atoms with Crippen molar-refractivity contribution >= 4 is 17.1 Å². The minimum atomic E-state index is 0.515. The smallest absolute Gasteiger partial charge is 0.0419 e. The Bertz CT molecular complexity index is 518. The molecule has 2 N–H and O–H groups in total. The van der Waals surface area contributed by atoms with E-state index >= 15 is 0 Å². The van der Waals surface area contributed by atoms with Crippen LogP contribution in [0.15, 0.2) is 48.5 Å². The van der Waals surface area contributed by atoms with Gasteiger partial charge in [-0.1, -0.05) is 38.1 Å². The van der Waals surface area contributed by atoms with Crippen LogP contribution in [-0.2, 0) is 0 Å². The number of anilines is 3. The molecule has 0 unspecified atom stereocenters. The summed E-state index contributed by atoms with van der Waals surface area (Å²) in [5.74, 6) is 0.515. The van der Waals surface area contributed by atoms with E-state index in [9.17, 15) is 0 Å². The molecule has 18 heavy (non-hydrogen) atoms. The van der Waals surface area contributed by atoms with E-state index in [0.29, 0.717) is 5.92 Å². The van der Waals surface area contributed by atoms with E-state index in [-0.39, 0.29) is 0 Å². The van der Waals surface area contributed by atoms with E-state index in [1.54, 1.807) is 0 Å². The van der Waals surface area contributed by atoms with Crippen LogP contribution in [0.2, 0.25) is 0 Å². The number of para-hydroxylation sites is 1. The maximum absolute atomic E-state index is 3.49. The second-order valence-corrected chi connectivity index (χ2v) is 4.70. The van der Waals surface area contributed by atoms with E-state index in [4.69, 9.17) is 0 Å². The van der Waals surface area contributed by atoms with Crippen LogP contribution < -0.4 is 10.6 Å². The number of nitrogens with one attached hydrogen (secondary N) is 2. The Balaban J connectivity index is 2.28. The maximum Gasteiger partial charge on any atom is 0.0419 e. The van der Waals surface area contributed by atoms with Gasteiger partial charge in [0, 0.05) is 24.1 Å². The second-order valence-electron chi connectivity index (χ2n) is 4.70. The fourth-order valence-electron chi connectivity index (χ4n) is 2.02. The zero-order chi connectivity index (χ0) is 13.0. The summed E-state index contributed by atoms with van der Waals surface area (Å²) in [4.78, 5) is 0. The van der Waals surface area contributed by atoms with Gasteiger partial charge in [-0.15, -0.1) is 0 Å². The molecule has 2 aromatic carbocycles. The topological polar surface area (TPSA) is 24.1 Å². The fourth-order valence-corrected chi connectivity index (χ4v) is 2.02. The monoisotopic (exact) mass is 240 g/mol. The van der Waals surface area contributed by atoms with Crippen molar-refractivity contribution in [2.75, 3.05) is 17.7 Å². The van der Waals surface area contributed by atoms with Gasteiger partial charge in [0.25, 0.3) is 0 Å². The molecule has 0 fully saturated rings. The highest BCUT2D eigenvalue weighted by molar-refractivity contribution is 5.67. The van der Waals surface area contributed by atoms with Gasteiger partial charge in [-0.2, -0.15) is 0 Å². The SMILES string of the molecule is CNc1cccc(Nc2ccccc2C(C)C)c1. The molecule has 0 spiro atoms. The molecule has 0 aromatic heterocycles. The van der Waals surface area contributed by atoms with Crippen molar-refractivity contribution < 1.29 is 0 Å². The first-order valence-electron chi connectivity index (χ1n) is 6.34. The van der Waals surface area contributed by atoms with Gasteiger partial charge in [0.1, 0.15) is 0 Å². The summed E-state index contributed by atoms with van der Waals surface area (Å²) >= 11 is 0. The van der Waals surface area contributed by atoms with E-state index in [1.807, 2.05) is 13.1 Å². The van der Waals surface area contributed by atoms with E-state index in [1.165, 1.54) is 11.3 Å². The molecule has 94 valence electrons. The molecular weight excluding hydrogens is 220 g/mol. The van der Waals surface area contributed by atoms with Gasteiger partial charge in [-0.05, 0) is 35.7 Å². The summed E-state index contributed by atoms with van der Waals surface area (Å²) < 4.78 is 0. The molecule has 0 saturated carbocycles. The zero-order valence-electron chi connectivity index (χ0n) is 11.2. The number of hydrogen-bond acceptors (Lipinski definition) is 2. The molecule has 0 radical (unpaired) electrons. The molecule has 0 aliphatic heterocycles. The van der Waals surface area contributed by atoms with Gasteiger partial charge in [0.2, 0.25) is 0 Å². The first-order chi connectivity index (χ1) is 8.70. The Kier molecular flexibility index (Phi) is 3.88. The molecule has 0 bridgehead atoms. The molecule has 0 atom stereocenters. The Labute approximate surface area is 109 Å². The lowest BCUT2D eigenvalue weighted by Gasteiger charge is -2.15. The van der Waals surface area contributed by atoms with Crippen LogP contribution in [0, 0.1) is 0 Å². The van der Waals surface area contributed by atoms with Crippen molar-refractivity contribution in [2.24, 2.45) is 0 Å². The molecule has 0 aliphatic carbocycles. The highest BCUT2D eigenvalue weighted by atomic mass is 14.9. The summed E-state index contributed by atoms with van der Waals surface area (Å²) in [6.07, 6.45) is 0. The van der Waals surface area contributed by atoms with E-state index in [0.717, 1.165) is 11.4 Å². The molecule has 0 saturated heterocycles. The van der Waals surface area contributed by atoms with Crippen LogP contribution in [0.25, 0.3) is 0 Å². The van der Waals surface area contributed by atoms with Crippen LogP contribution in [0.4, 0.5) is 17.1 Å². The molecule has 2 nitrogen and oxygen atoms in total. The number of hydrogen-bond donors (Lipinski definition) is 2. The van der Waals surface area contributed by atoms with Crippen LogP contribution >= 0.6 is 0 Å². The molecule has 0 aliphatic rings. The van der Waals surface area contributed by atoms with Gasteiger partial charge in [-0.25, -0.2) is 0 Å². The Morgan fingerprint density at radius 1 is 0.889 bits per heavy atom. The lowest BCUT2D eigenvalue weighted by molar-refractivity contribution is 0.869. The average Bonchev–Trinajstić information content (AvgIpc) is 2.39. The van der Waals surface area contributed by atoms with Crippen LogP contribution in [0.3, 0.4) is 0 Å². The molecular formula is C16H20N2. The maximum atomic E-state index is 3.49. The summed E-state index contributed by atoms with van der Waals surface area (Å²) in [5, 5.41) is 6.64. The Hall–Kier alpha value is -1.96. The third kappa shape index (κ3) is 2.83. The van der Waals surface area contributed by atoms with Gasteiger partial charge in [0.05, 0.1) is 0 Å². The van der Waals surface area contributed by atoms with Crippen molar-refractivity contribution in [2.45, 2.75) is 19.8 Å². The van der Waals surface area contributed by atoms with Crippen molar-refractivity contribution in [1.29, 1.82) is 0 Å². The number of rotatable bonds is 4. The van der Waals surface area contributed by atoms with Gasteiger partial charge < -0.3 is 10.6 Å². The highest BCUT2D eigenvalue weighted by Crippen LogP contribution is 2.27. The second kappa shape index (κ2) is 5.58. The minimum Gasteiger partial charge on any atom is -0.388 e. The Morgan fingerprint density at radius 3 is 2.33 bits per heavy atom. The quantitative estimate of drug-likeness (QED) is 0.816. The lowest BCUT2D eigenvalue weighted by atomic mass is 10.0. The minimum absolute atomic E-state index is 0.515. The lowest BCUT2D eigenvalue weighted by Crippen LogP contribution is -1.98. The summed E-state index contributed by atoms with van der Waals surface area (Å²) in [5.41, 5.74) is 4.74. The van der Waals surface area contributed by atoms with Crippen LogP contribution in [0.1, 0.15) is 25.3 Å². The molecule has 2 rings (SSSR count). The Morgan fingerprint density at radius 2 is 1.61 bits per heavy atom. The first kappa shape index (κ1) is 12.5. The predicted octanol–water partition coefficient (Wildman–Crippen LogP) is 4.60. The zero-order valence-corrected chi connectivity index (χ0v) is 11.2. The highest BCUT2D eigenvalue weighted by Gasteiger charge is 2.05. The number of benzene rings is 2. The standard InChI is InChI=1S/C16H20N2/c1-12(2)15-9-4-5-10-16(15)18-14-8-6-7-13(11-14)17-3/h4-12,17-18H,1-3H3. The first-order valence-corrected chi connectivity index (χ1v) is 6.34. The van der Waals surface area contributed by atoms with Crippen molar-refractivity contribution in [1.82, 2.24) is 0 Å². The van der Waals surface area contributed by atoms with E-state index in [2.05, 4.69) is 66.9 Å². The van der Waals surface area contributed by atoms with Gasteiger partial charge in [-0.3, -0.25) is 0 Å². The summed E-state index contributed by atoms with van der Waals surface area (Å²) in [6, 6.07) is 16.7. The molecule has 2 heteroatoms. The fraction of sp³-hybridized carbons (Fsp3) is 0.250.